The van der Waals surface area contributed by atoms with Crippen LogP contribution in [0.4, 0.5) is 0 Å². The van der Waals surface area contributed by atoms with Crippen LogP contribution >= 0.6 is 0 Å². The lowest BCUT2D eigenvalue weighted by Gasteiger charge is -2.31. The molecular formula is C17H30O7. The number of unbranched alkanes of at least 4 members (excludes halogenated alkanes) is 2. The van der Waals surface area contributed by atoms with Gasteiger partial charge in [-0.15, -0.1) is 0 Å². The van der Waals surface area contributed by atoms with Gasteiger partial charge in [-0.1, -0.05) is 26.2 Å². The van der Waals surface area contributed by atoms with Gasteiger partial charge in [-0.3, -0.25) is 9.59 Å². The Morgan fingerprint density at radius 3 is 2.00 bits per heavy atom. The first-order valence-electron chi connectivity index (χ1n) is 8.59. The van der Waals surface area contributed by atoms with Crippen LogP contribution in [0.25, 0.3) is 0 Å². The van der Waals surface area contributed by atoms with Crippen molar-refractivity contribution in [1.82, 2.24) is 0 Å². The molecule has 0 saturated heterocycles. The predicted octanol–water partition coefficient (Wildman–Crippen LogP) is 1.99. The molecule has 0 aromatic heterocycles. The lowest BCUT2D eigenvalue weighted by molar-refractivity contribution is -0.186. The van der Waals surface area contributed by atoms with Crippen LogP contribution in [0.3, 0.4) is 0 Å². The second-order valence-corrected chi connectivity index (χ2v) is 5.43. The number of aliphatic hydroxyl groups is 1. The maximum absolute atomic E-state index is 12.3. The summed E-state index contributed by atoms with van der Waals surface area (Å²) >= 11 is 0. The maximum Gasteiger partial charge on any atom is 0.339 e. The Hall–Kier alpha value is -1.63. The van der Waals surface area contributed by atoms with Gasteiger partial charge in [0.1, 0.15) is 0 Å². The number of hydrogen-bond acceptors (Lipinski definition) is 7. The number of rotatable bonds is 12. The molecule has 0 aliphatic rings. The summed E-state index contributed by atoms with van der Waals surface area (Å²) in [5.74, 6) is -3.66. The van der Waals surface area contributed by atoms with Crippen molar-refractivity contribution in [3.63, 3.8) is 0 Å². The highest BCUT2D eigenvalue weighted by Gasteiger charge is 2.51. The van der Waals surface area contributed by atoms with Crippen LogP contribution in [0.5, 0.6) is 0 Å². The molecule has 0 rings (SSSR count). The molecule has 0 aliphatic heterocycles. The highest BCUT2D eigenvalue weighted by atomic mass is 16.6. The summed E-state index contributed by atoms with van der Waals surface area (Å²) < 4.78 is 14.7. The molecule has 140 valence electrons. The Labute approximate surface area is 143 Å². The maximum atomic E-state index is 12.3. The molecule has 0 aliphatic carbocycles. The van der Waals surface area contributed by atoms with Crippen LogP contribution < -0.4 is 0 Å². The molecule has 0 heterocycles. The van der Waals surface area contributed by atoms with Crippen LogP contribution in [0.1, 0.15) is 59.8 Å². The van der Waals surface area contributed by atoms with E-state index in [4.69, 9.17) is 14.2 Å². The Morgan fingerprint density at radius 2 is 1.50 bits per heavy atom. The summed E-state index contributed by atoms with van der Waals surface area (Å²) in [4.78, 5) is 36.4. The minimum absolute atomic E-state index is 0.0223. The summed E-state index contributed by atoms with van der Waals surface area (Å²) in [6, 6.07) is 0. The summed E-state index contributed by atoms with van der Waals surface area (Å²) in [5.41, 5.74) is -2.29. The van der Waals surface area contributed by atoms with Gasteiger partial charge in [0.2, 0.25) is 0 Å². The van der Waals surface area contributed by atoms with Gasteiger partial charge < -0.3 is 19.3 Å². The first kappa shape index (κ1) is 22.4. The van der Waals surface area contributed by atoms with Crippen molar-refractivity contribution in [2.75, 3.05) is 19.8 Å². The van der Waals surface area contributed by atoms with E-state index in [0.717, 1.165) is 12.8 Å². The van der Waals surface area contributed by atoms with Gasteiger partial charge in [-0.25, -0.2) is 4.79 Å². The lowest BCUT2D eigenvalue weighted by Crippen LogP contribution is -2.52. The van der Waals surface area contributed by atoms with Crippen LogP contribution in [0.15, 0.2) is 0 Å². The third-order valence-corrected chi connectivity index (χ3v) is 3.59. The molecule has 1 N–H and O–H groups in total. The fourth-order valence-corrected chi connectivity index (χ4v) is 2.42. The van der Waals surface area contributed by atoms with Crippen molar-refractivity contribution >= 4 is 17.9 Å². The fraction of sp³-hybridized carbons (Fsp3) is 0.824. The van der Waals surface area contributed by atoms with Gasteiger partial charge in [0.05, 0.1) is 32.2 Å². The molecule has 0 aromatic rings. The smallest absolute Gasteiger partial charge is 0.339 e. The largest absolute Gasteiger partial charge is 0.466 e. The summed E-state index contributed by atoms with van der Waals surface area (Å²) in [7, 11) is 0. The van der Waals surface area contributed by atoms with Gasteiger partial charge in [-0.05, 0) is 27.2 Å². The summed E-state index contributed by atoms with van der Waals surface area (Å²) in [6.07, 6.45) is 1.93. The summed E-state index contributed by atoms with van der Waals surface area (Å²) in [6.45, 7) is 7.07. The number of esters is 3. The molecule has 0 fully saturated rings. The molecule has 7 nitrogen and oxygen atoms in total. The predicted molar refractivity (Wildman–Crippen MR) is 87.1 cm³/mol. The van der Waals surface area contributed by atoms with E-state index >= 15 is 0 Å². The van der Waals surface area contributed by atoms with E-state index in [2.05, 4.69) is 0 Å². The molecular weight excluding hydrogens is 316 g/mol. The molecule has 2 unspecified atom stereocenters. The second kappa shape index (κ2) is 11.8. The van der Waals surface area contributed by atoms with Crippen molar-refractivity contribution in [2.24, 2.45) is 5.92 Å². The van der Waals surface area contributed by atoms with Gasteiger partial charge >= 0.3 is 17.9 Å². The molecule has 0 spiro atoms. The average Bonchev–Trinajstić information content (AvgIpc) is 2.51. The molecule has 24 heavy (non-hydrogen) atoms. The van der Waals surface area contributed by atoms with E-state index in [1.165, 1.54) is 0 Å². The zero-order valence-electron chi connectivity index (χ0n) is 15.1. The fourth-order valence-electron chi connectivity index (χ4n) is 2.42. The van der Waals surface area contributed by atoms with E-state index in [0.29, 0.717) is 6.42 Å². The monoisotopic (exact) mass is 346 g/mol. The highest BCUT2D eigenvalue weighted by Crippen LogP contribution is 2.30. The first-order valence-corrected chi connectivity index (χ1v) is 8.59. The Balaban J connectivity index is 5.54. The topological polar surface area (TPSA) is 99.1 Å². The number of carbonyl (C=O) groups is 3. The van der Waals surface area contributed by atoms with Gasteiger partial charge in [0, 0.05) is 0 Å². The molecule has 0 amide bonds. The zero-order valence-corrected chi connectivity index (χ0v) is 15.1. The van der Waals surface area contributed by atoms with Crippen molar-refractivity contribution in [3.05, 3.63) is 0 Å². The van der Waals surface area contributed by atoms with Gasteiger partial charge in [-0.2, -0.15) is 0 Å². The minimum atomic E-state index is -2.29. The van der Waals surface area contributed by atoms with Crippen LogP contribution in [0.2, 0.25) is 0 Å². The number of ether oxygens (including phenoxy) is 3. The highest BCUT2D eigenvalue weighted by molar-refractivity contribution is 5.91. The van der Waals surface area contributed by atoms with Crippen LogP contribution in [-0.2, 0) is 28.6 Å². The minimum Gasteiger partial charge on any atom is -0.466 e. The number of hydrogen-bond donors (Lipinski definition) is 1. The van der Waals surface area contributed by atoms with Crippen molar-refractivity contribution < 1.29 is 33.7 Å². The molecule has 0 radical (unpaired) electrons. The van der Waals surface area contributed by atoms with E-state index in [9.17, 15) is 19.5 Å². The quantitative estimate of drug-likeness (QED) is 0.328. The van der Waals surface area contributed by atoms with E-state index in [-0.39, 0.29) is 26.2 Å². The standard InChI is InChI=1S/C17H30O7/c1-5-9-10-11-13(15(19)23-7-3)17(21,16(20)24-8-4)12-14(18)22-6-2/h13,21H,5-12H2,1-4H3. The molecule has 0 aromatic carbocycles. The second-order valence-electron chi connectivity index (χ2n) is 5.43. The molecule has 7 heteroatoms. The van der Waals surface area contributed by atoms with E-state index in [1.54, 1.807) is 20.8 Å². The third kappa shape index (κ3) is 6.86. The Bertz CT molecular complexity index is 408. The normalized spacial score (nSPS) is 14.4. The molecule has 0 bridgehead atoms. The van der Waals surface area contributed by atoms with Crippen molar-refractivity contribution in [1.29, 1.82) is 0 Å². The molecule has 0 saturated carbocycles. The number of carbonyl (C=O) groups excluding carboxylic acids is 3. The van der Waals surface area contributed by atoms with Crippen molar-refractivity contribution in [3.8, 4) is 0 Å². The third-order valence-electron chi connectivity index (χ3n) is 3.59. The van der Waals surface area contributed by atoms with Crippen LogP contribution in [0, 0.1) is 5.92 Å². The van der Waals surface area contributed by atoms with Crippen LogP contribution in [-0.4, -0.2) is 48.4 Å². The summed E-state index contributed by atoms with van der Waals surface area (Å²) in [5, 5.41) is 10.9. The average molecular weight is 346 g/mol. The lowest BCUT2D eigenvalue weighted by atomic mass is 9.81. The zero-order chi connectivity index (χ0) is 18.6. The van der Waals surface area contributed by atoms with Gasteiger partial charge in [0.15, 0.2) is 5.60 Å². The molecule has 2 atom stereocenters. The van der Waals surface area contributed by atoms with E-state index in [1.807, 2.05) is 6.92 Å². The first-order chi connectivity index (χ1) is 11.4. The van der Waals surface area contributed by atoms with E-state index < -0.39 is 35.8 Å². The Morgan fingerprint density at radius 1 is 0.917 bits per heavy atom. The Kier molecular flexibility index (Phi) is 11.0. The van der Waals surface area contributed by atoms with Crippen molar-refractivity contribution in [2.45, 2.75) is 65.4 Å². The van der Waals surface area contributed by atoms with Gasteiger partial charge in [0.25, 0.3) is 0 Å². The SMILES string of the molecule is CCCCCC(C(=O)OCC)C(O)(CC(=O)OCC)C(=O)OCC.